The monoisotopic (exact) mass is 238 g/mol. The van der Waals surface area contributed by atoms with Crippen LogP contribution in [-0.4, -0.2) is 17.3 Å². The molecule has 0 aliphatic carbocycles. The van der Waals surface area contributed by atoms with Gasteiger partial charge in [-0.15, -0.1) is 0 Å². The predicted molar refractivity (Wildman–Crippen MR) is 78.1 cm³/mol. The second kappa shape index (κ2) is 3.68. The zero-order valence-corrected chi connectivity index (χ0v) is 11.6. The molecule has 92 valence electrons. The van der Waals surface area contributed by atoms with Gasteiger partial charge in [0.25, 0.3) is 0 Å². The Kier molecular flexibility index (Phi) is 2.34. The van der Waals surface area contributed by atoms with Crippen LogP contribution in [0.5, 0.6) is 0 Å². The van der Waals surface area contributed by atoms with E-state index in [-0.39, 0.29) is 5.41 Å². The van der Waals surface area contributed by atoms with E-state index in [1.54, 1.807) is 0 Å². The van der Waals surface area contributed by atoms with Crippen molar-refractivity contribution >= 4 is 22.2 Å². The van der Waals surface area contributed by atoms with Gasteiger partial charge in [0.05, 0.1) is 5.41 Å². The molecule has 18 heavy (non-hydrogen) atoms. The first kappa shape index (κ1) is 11.5. The van der Waals surface area contributed by atoms with Gasteiger partial charge in [0, 0.05) is 18.1 Å². The van der Waals surface area contributed by atoms with Crippen LogP contribution in [0.15, 0.2) is 36.4 Å². The molecular formula is C17H20N+. The first-order valence-corrected chi connectivity index (χ1v) is 6.69. The van der Waals surface area contributed by atoms with Gasteiger partial charge in [0.1, 0.15) is 7.05 Å². The van der Waals surface area contributed by atoms with Crippen molar-refractivity contribution in [3.8, 4) is 0 Å². The minimum absolute atomic E-state index is 0.139. The van der Waals surface area contributed by atoms with Gasteiger partial charge in [-0.3, -0.25) is 0 Å². The highest BCUT2D eigenvalue weighted by atomic mass is 15.0. The van der Waals surface area contributed by atoms with Crippen LogP contribution in [0, 0.1) is 0 Å². The van der Waals surface area contributed by atoms with Crippen molar-refractivity contribution < 1.29 is 4.58 Å². The summed E-state index contributed by atoms with van der Waals surface area (Å²) < 4.78 is 2.38. The summed E-state index contributed by atoms with van der Waals surface area (Å²) in [6.07, 6.45) is 1.10. The van der Waals surface area contributed by atoms with E-state index < -0.39 is 0 Å². The van der Waals surface area contributed by atoms with Crippen LogP contribution in [0.1, 0.15) is 32.8 Å². The number of hydrogen-bond donors (Lipinski definition) is 0. The lowest BCUT2D eigenvalue weighted by Crippen LogP contribution is -2.27. The third kappa shape index (κ3) is 1.30. The minimum Gasteiger partial charge on any atom is -0.202 e. The lowest BCUT2D eigenvalue weighted by Gasteiger charge is -2.18. The second-order valence-corrected chi connectivity index (χ2v) is 5.67. The van der Waals surface area contributed by atoms with Gasteiger partial charge in [-0.25, -0.2) is 4.58 Å². The van der Waals surface area contributed by atoms with Gasteiger partial charge in [0.15, 0.2) is 5.71 Å². The molecular weight excluding hydrogens is 218 g/mol. The average molecular weight is 238 g/mol. The first-order valence-electron chi connectivity index (χ1n) is 6.69. The molecule has 3 rings (SSSR count). The van der Waals surface area contributed by atoms with Gasteiger partial charge in [-0.2, -0.15) is 0 Å². The highest BCUT2D eigenvalue weighted by Crippen LogP contribution is 2.43. The van der Waals surface area contributed by atoms with Crippen LogP contribution in [0.25, 0.3) is 10.8 Å². The molecule has 0 saturated heterocycles. The molecule has 0 saturated carbocycles. The Bertz CT molecular complexity index is 662. The fourth-order valence-electron chi connectivity index (χ4n) is 3.58. The smallest absolute Gasteiger partial charge is 0.202 e. The fraction of sp³-hybridized carbons (Fsp3) is 0.353. The Balaban J connectivity index is 2.42. The van der Waals surface area contributed by atoms with Crippen molar-refractivity contribution in [2.75, 3.05) is 7.05 Å². The fourth-order valence-corrected chi connectivity index (χ4v) is 3.58. The van der Waals surface area contributed by atoms with Crippen molar-refractivity contribution in [2.45, 2.75) is 32.6 Å². The van der Waals surface area contributed by atoms with E-state index in [0.29, 0.717) is 0 Å². The molecule has 0 fully saturated rings. The van der Waals surface area contributed by atoms with Crippen LogP contribution in [0.2, 0.25) is 0 Å². The second-order valence-electron chi connectivity index (χ2n) is 5.67. The van der Waals surface area contributed by atoms with Crippen molar-refractivity contribution in [2.24, 2.45) is 0 Å². The van der Waals surface area contributed by atoms with E-state index in [0.717, 1.165) is 6.42 Å². The van der Waals surface area contributed by atoms with E-state index in [4.69, 9.17) is 0 Å². The molecule has 2 aromatic carbocycles. The largest absolute Gasteiger partial charge is 0.209 e. The molecule has 0 atom stereocenters. The van der Waals surface area contributed by atoms with Gasteiger partial charge < -0.3 is 0 Å². The van der Waals surface area contributed by atoms with Crippen molar-refractivity contribution in [3.05, 3.63) is 42.0 Å². The van der Waals surface area contributed by atoms with Gasteiger partial charge in [-0.1, -0.05) is 31.2 Å². The number of nitrogens with zero attached hydrogens (tertiary/aromatic N) is 1. The maximum absolute atomic E-state index is 2.38. The van der Waals surface area contributed by atoms with Crippen LogP contribution in [0.3, 0.4) is 0 Å². The van der Waals surface area contributed by atoms with Crippen molar-refractivity contribution in [3.63, 3.8) is 0 Å². The summed E-state index contributed by atoms with van der Waals surface area (Å²) in [5, 5.41) is 2.74. The van der Waals surface area contributed by atoms with Crippen LogP contribution in [0.4, 0.5) is 5.69 Å². The third-order valence-corrected chi connectivity index (χ3v) is 4.35. The maximum Gasteiger partial charge on any atom is 0.209 e. The Morgan fingerprint density at radius 2 is 1.78 bits per heavy atom. The Morgan fingerprint density at radius 3 is 2.50 bits per heavy atom. The highest BCUT2D eigenvalue weighted by Gasteiger charge is 2.44. The molecule has 1 aliphatic rings. The SMILES string of the molecule is CCC1=[N+](C)c2ccc3ccccc3c2C1(C)C. The Labute approximate surface area is 109 Å². The number of fused-ring (bicyclic) bond motifs is 3. The molecule has 1 nitrogen and oxygen atoms in total. The molecule has 0 spiro atoms. The molecule has 0 unspecified atom stereocenters. The highest BCUT2D eigenvalue weighted by molar-refractivity contribution is 6.02. The Hall–Kier alpha value is -1.63. The van der Waals surface area contributed by atoms with Crippen LogP contribution in [-0.2, 0) is 5.41 Å². The van der Waals surface area contributed by atoms with Gasteiger partial charge >= 0.3 is 0 Å². The minimum atomic E-state index is 0.139. The topological polar surface area (TPSA) is 3.01 Å². The number of hydrogen-bond acceptors (Lipinski definition) is 0. The van der Waals surface area contributed by atoms with Crippen LogP contribution < -0.4 is 0 Å². The molecule has 2 aromatic rings. The zero-order valence-electron chi connectivity index (χ0n) is 11.6. The maximum atomic E-state index is 2.38. The molecule has 1 aliphatic heterocycles. The number of rotatable bonds is 1. The summed E-state index contributed by atoms with van der Waals surface area (Å²) in [5.41, 5.74) is 4.50. The summed E-state index contributed by atoms with van der Waals surface area (Å²) in [6, 6.07) is 13.2. The van der Waals surface area contributed by atoms with E-state index in [1.165, 1.54) is 27.7 Å². The average Bonchev–Trinajstić information content (AvgIpc) is 2.56. The summed E-state index contributed by atoms with van der Waals surface area (Å²) in [7, 11) is 2.20. The van der Waals surface area contributed by atoms with E-state index >= 15 is 0 Å². The Morgan fingerprint density at radius 1 is 1.06 bits per heavy atom. The van der Waals surface area contributed by atoms with Crippen LogP contribution >= 0.6 is 0 Å². The molecule has 0 aromatic heterocycles. The summed E-state index contributed by atoms with van der Waals surface area (Å²) in [5.74, 6) is 0. The third-order valence-electron chi connectivity index (χ3n) is 4.35. The van der Waals surface area contributed by atoms with E-state index in [9.17, 15) is 0 Å². The normalized spacial score (nSPS) is 17.3. The molecule has 0 N–H and O–H groups in total. The van der Waals surface area contributed by atoms with Gasteiger partial charge in [-0.05, 0) is 30.7 Å². The van der Waals surface area contributed by atoms with Crippen molar-refractivity contribution in [1.29, 1.82) is 0 Å². The lowest BCUT2D eigenvalue weighted by atomic mass is 9.78. The standard InChI is InChI=1S/C17H20N/c1-5-15-17(2,3)16-13-9-7-6-8-12(13)10-11-14(16)18(15)4/h6-11H,5H2,1-4H3/q+1. The van der Waals surface area contributed by atoms with E-state index in [2.05, 4.69) is 68.8 Å². The molecule has 1 heterocycles. The lowest BCUT2D eigenvalue weighted by molar-refractivity contribution is -0.403. The van der Waals surface area contributed by atoms with Gasteiger partial charge in [0.2, 0.25) is 5.69 Å². The molecule has 1 heteroatoms. The first-order chi connectivity index (χ1) is 8.57. The number of benzene rings is 2. The van der Waals surface area contributed by atoms with Crippen molar-refractivity contribution in [1.82, 2.24) is 0 Å². The molecule has 0 bridgehead atoms. The predicted octanol–water partition coefficient (Wildman–Crippen LogP) is 4.26. The summed E-state index contributed by atoms with van der Waals surface area (Å²) in [4.78, 5) is 0. The van der Waals surface area contributed by atoms with E-state index in [1.807, 2.05) is 0 Å². The zero-order chi connectivity index (χ0) is 12.9. The summed E-state index contributed by atoms with van der Waals surface area (Å²) >= 11 is 0. The summed E-state index contributed by atoms with van der Waals surface area (Å²) in [6.45, 7) is 6.95. The molecule has 0 radical (unpaired) electrons. The quantitative estimate of drug-likeness (QED) is 0.653. The molecule has 0 amide bonds.